The fourth-order valence-corrected chi connectivity index (χ4v) is 2.87. The van der Waals surface area contributed by atoms with E-state index < -0.39 is 0 Å². The molecule has 3 nitrogen and oxygen atoms in total. The van der Waals surface area contributed by atoms with Crippen LogP contribution in [0.25, 0.3) is 0 Å². The SMILES string of the molecule is CCCN(CC(N)=O)C1CCc2ccccc2C1. The number of carbonyl (C=O) groups excluding carboxylic acids is 1. The van der Waals surface area contributed by atoms with Crippen LogP contribution < -0.4 is 5.73 Å². The average Bonchev–Trinajstić information content (AvgIpc) is 2.37. The van der Waals surface area contributed by atoms with E-state index in [0.29, 0.717) is 12.6 Å². The molecule has 0 aliphatic heterocycles. The van der Waals surface area contributed by atoms with Crippen LogP contribution in [0.1, 0.15) is 30.9 Å². The molecule has 0 aromatic heterocycles. The highest BCUT2D eigenvalue weighted by Gasteiger charge is 2.24. The maximum atomic E-state index is 11.2. The molecule has 0 radical (unpaired) electrons. The zero-order valence-corrected chi connectivity index (χ0v) is 11.1. The van der Waals surface area contributed by atoms with E-state index in [4.69, 9.17) is 5.73 Å². The van der Waals surface area contributed by atoms with Crippen LogP contribution in [0.2, 0.25) is 0 Å². The van der Waals surface area contributed by atoms with Gasteiger partial charge in [-0.1, -0.05) is 31.2 Å². The van der Waals surface area contributed by atoms with Crippen molar-refractivity contribution in [3.8, 4) is 0 Å². The van der Waals surface area contributed by atoms with Crippen LogP contribution in [0, 0.1) is 0 Å². The number of primary amides is 1. The van der Waals surface area contributed by atoms with E-state index in [1.54, 1.807) is 0 Å². The molecular formula is C15H22N2O. The predicted octanol–water partition coefficient (Wildman–Crippen LogP) is 1.74. The maximum Gasteiger partial charge on any atom is 0.231 e. The van der Waals surface area contributed by atoms with Crippen molar-refractivity contribution in [2.24, 2.45) is 5.73 Å². The zero-order chi connectivity index (χ0) is 13.0. The minimum atomic E-state index is -0.220. The van der Waals surface area contributed by atoms with Gasteiger partial charge < -0.3 is 5.73 Å². The molecule has 1 aromatic rings. The lowest BCUT2D eigenvalue weighted by Crippen LogP contribution is -2.44. The third kappa shape index (κ3) is 3.10. The molecule has 2 N–H and O–H groups in total. The van der Waals surface area contributed by atoms with Crippen LogP contribution in [-0.4, -0.2) is 29.9 Å². The third-order valence-corrected chi connectivity index (χ3v) is 3.71. The van der Waals surface area contributed by atoms with Gasteiger partial charge in [0, 0.05) is 6.04 Å². The summed E-state index contributed by atoms with van der Waals surface area (Å²) in [7, 11) is 0. The Morgan fingerprint density at radius 1 is 1.39 bits per heavy atom. The molecule has 1 unspecified atom stereocenters. The van der Waals surface area contributed by atoms with Crippen LogP contribution in [0.4, 0.5) is 0 Å². The molecule has 0 heterocycles. The van der Waals surface area contributed by atoms with Gasteiger partial charge in [-0.2, -0.15) is 0 Å². The van der Waals surface area contributed by atoms with Crippen LogP contribution in [0.5, 0.6) is 0 Å². The Balaban J connectivity index is 2.07. The second kappa shape index (κ2) is 6.01. The Labute approximate surface area is 109 Å². The number of benzene rings is 1. The van der Waals surface area contributed by atoms with Crippen molar-refractivity contribution in [1.29, 1.82) is 0 Å². The summed E-state index contributed by atoms with van der Waals surface area (Å²) in [5, 5.41) is 0. The molecule has 0 fully saturated rings. The highest BCUT2D eigenvalue weighted by molar-refractivity contribution is 5.76. The summed E-state index contributed by atoms with van der Waals surface area (Å²) in [5.41, 5.74) is 8.24. The Kier molecular flexibility index (Phi) is 4.37. The highest BCUT2D eigenvalue weighted by Crippen LogP contribution is 2.24. The van der Waals surface area contributed by atoms with E-state index >= 15 is 0 Å². The van der Waals surface area contributed by atoms with Crippen molar-refractivity contribution in [1.82, 2.24) is 4.90 Å². The van der Waals surface area contributed by atoms with E-state index in [0.717, 1.165) is 32.2 Å². The highest BCUT2D eigenvalue weighted by atomic mass is 16.1. The van der Waals surface area contributed by atoms with Crippen molar-refractivity contribution in [2.45, 2.75) is 38.6 Å². The quantitative estimate of drug-likeness (QED) is 0.860. The number of hydrogen-bond acceptors (Lipinski definition) is 2. The molecule has 3 heteroatoms. The summed E-state index contributed by atoms with van der Waals surface area (Å²) in [4.78, 5) is 13.4. The van der Waals surface area contributed by atoms with Gasteiger partial charge in [0.1, 0.15) is 0 Å². The van der Waals surface area contributed by atoms with Gasteiger partial charge >= 0.3 is 0 Å². The molecule has 0 spiro atoms. The Morgan fingerprint density at radius 2 is 2.11 bits per heavy atom. The summed E-state index contributed by atoms with van der Waals surface area (Å²) < 4.78 is 0. The minimum Gasteiger partial charge on any atom is -0.369 e. The molecule has 1 aliphatic carbocycles. The zero-order valence-electron chi connectivity index (χ0n) is 11.1. The molecule has 1 amide bonds. The normalized spacial score (nSPS) is 18.7. The van der Waals surface area contributed by atoms with Gasteiger partial charge in [-0.3, -0.25) is 9.69 Å². The van der Waals surface area contributed by atoms with Crippen molar-refractivity contribution in [3.63, 3.8) is 0 Å². The summed E-state index contributed by atoms with van der Waals surface area (Å²) >= 11 is 0. The number of carbonyl (C=O) groups is 1. The second-order valence-corrected chi connectivity index (χ2v) is 5.10. The summed E-state index contributed by atoms with van der Waals surface area (Å²) in [6.45, 7) is 3.49. The number of fused-ring (bicyclic) bond motifs is 1. The molecule has 0 bridgehead atoms. The van der Waals surface area contributed by atoms with Crippen LogP contribution in [0.15, 0.2) is 24.3 Å². The lowest BCUT2D eigenvalue weighted by molar-refractivity contribution is -0.119. The van der Waals surface area contributed by atoms with E-state index in [1.807, 2.05) is 0 Å². The first-order valence-corrected chi connectivity index (χ1v) is 6.80. The van der Waals surface area contributed by atoms with Crippen molar-refractivity contribution in [2.75, 3.05) is 13.1 Å². The first-order chi connectivity index (χ1) is 8.70. The Morgan fingerprint density at radius 3 is 2.78 bits per heavy atom. The number of hydrogen-bond donors (Lipinski definition) is 1. The molecule has 98 valence electrons. The summed E-state index contributed by atoms with van der Waals surface area (Å²) in [6, 6.07) is 9.08. The van der Waals surface area contributed by atoms with Gasteiger partial charge in [0.25, 0.3) is 0 Å². The third-order valence-electron chi connectivity index (χ3n) is 3.71. The van der Waals surface area contributed by atoms with E-state index in [-0.39, 0.29) is 5.91 Å². The number of nitrogens with two attached hydrogens (primary N) is 1. The Bertz CT molecular complexity index is 417. The molecule has 2 rings (SSSR count). The molecule has 1 aliphatic rings. The van der Waals surface area contributed by atoms with Crippen LogP contribution >= 0.6 is 0 Å². The van der Waals surface area contributed by atoms with Crippen molar-refractivity contribution in [3.05, 3.63) is 35.4 Å². The van der Waals surface area contributed by atoms with E-state index in [9.17, 15) is 4.79 Å². The summed E-state index contributed by atoms with van der Waals surface area (Å²) in [6.07, 6.45) is 4.35. The smallest absolute Gasteiger partial charge is 0.231 e. The van der Waals surface area contributed by atoms with E-state index in [1.165, 1.54) is 11.1 Å². The van der Waals surface area contributed by atoms with E-state index in [2.05, 4.69) is 36.1 Å². The van der Waals surface area contributed by atoms with Crippen LogP contribution in [-0.2, 0) is 17.6 Å². The van der Waals surface area contributed by atoms with Gasteiger partial charge in [-0.15, -0.1) is 0 Å². The standard InChI is InChI=1S/C15H22N2O/c1-2-9-17(11-15(16)18)14-8-7-12-5-3-4-6-13(12)10-14/h3-6,14H,2,7-11H2,1H3,(H2,16,18). The van der Waals surface area contributed by atoms with Crippen molar-refractivity contribution < 1.29 is 4.79 Å². The van der Waals surface area contributed by atoms with Gasteiger partial charge in [0.2, 0.25) is 5.91 Å². The number of rotatable bonds is 5. The van der Waals surface area contributed by atoms with Gasteiger partial charge in [0.15, 0.2) is 0 Å². The Hall–Kier alpha value is -1.35. The van der Waals surface area contributed by atoms with Gasteiger partial charge in [-0.05, 0) is 43.4 Å². The van der Waals surface area contributed by atoms with Gasteiger partial charge in [0.05, 0.1) is 6.54 Å². The molecule has 1 atom stereocenters. The molecule has 0 saturated heterocycles. The largest absolute Gasteiger partial charge is 0.369 e. The number of amides is 1. The topological polar surface area (TPSA) is 46.3 Å². The first-order valence-electron chi connectivity index (χ1n) is 6.80. The van der Waals surface area contributed by atoms with Crippen molar-refractivity contribution >= 4 is 5.91 Å². The minimum absolute atomic E-state index is 0.220. The fourth-order valence-electron chi connectivity index (χ4n) is 2.87. The average molecular weight is 246 g/mol. The maximum absolute atomic E-state index is 11.2. The molecule has 0 saturated carbocycles. The lowest BCUT2D eigenvalue weighted by atomic mass is 9.87. The first kappa shape index (κ1) is 13.1. The molecule has 18 heavy (non-hydrogen) atoms. The molecule has 1 aromatic carbocycles. The second-order valence-electron chi connectivity index (χ2n) is 5.10. The number of aryl methyl sites for hydroxylation is 1. The fraction of sp³-hybridized carbons (Fsp3) is 0.533. The lowest BCUT2D eigenvalue weighted by Gasteiger charge is -2.34. The van der Waals surface area contributed by atoms with Crippen LogP contribution in [0.3, 0.4) is 0 Å². The predicted molar refractivity (Wildman–Crippen MR) is 73.3 cm³/mol. The monoisotopic (exact) mass is 246 g/mol. The summed E-state index contributed by atoms with van der Waals surface area (Å²) in [5.74, 6) is -0.220. The number of nitrogens with zero attached hydrogens (tertiary/aromatic N) is 1. The molecular weight excluding hydrogens is 224 g/mol. The van der Waals surface area contributed by atoms with Gasteiger partial charge in [-0.25, -0.2) is 0 Å².